The number of rotatable bonds is 4. The van der Waals surface area contributed by atoms with Crippen molar-refractivity contribution in [1.29, 1.82) is 0 Å². The van der Waals surface area contributed by atoms with Crippen LogP contribution in [0.2, 0.25) is 0 Å². The average Bonchev–Trinajstić information content (AvgIpc) is 2.95. The maximum atomic E-state index is 12.1. The van der Waals surface area contributed by atoms with Gasteiger partial charge >= 0.3 is 5.97 Å². The molecule has 3 rings (SSSR count). The highest BCUT2D eigenvalue weighted by atomic mass is 16.6. The fourth-order valence-corrected chi connectivity index (χ4v) is 2.50. The second kappa shape index (κ2) is 5.92. The fraction of sp³-hybridized carbons (Fsp3) is 0.118. The summed E-state index contributed by atoms with van der Waals surface area (Å²) < 4.78 is 6.96. The van der Waals surface area contributed by atoms with Crippen LogP contribution in [-0.2, 0) is 4.74 Å². The maximum Gasteiger partial charge on any atom is 0.340 e. The van der Waals surface area contributed by atoms with Crippen molar-refractivity contribution in [2.45, 2.75) is 6.92 Å². The van der Waals surface area contributed by atoms with Gasteiger partial charge in [-0.25, -0.2) is 4.79 Å². The molecule has 116 valence electrons. The van der Waals surface area contributed by atoms with Gasteiger partial charge in [0.2, 0.25) is 0 Å². The summed E-state index contributed by atoms with van der Waals surface area (Å²) in [5.41, 5.74) is 2.80. The lowest BCUT2D eigenvalue weighted by Gasteiger charge is -2.02. The first-order valence-electron chi connectivity index (χ1n) is 7.14. The molecular weight excluding hydrogens is 296 g/mol. The minimum absolute atomic E-state index is 0.0280. The van der Waals surface area contributed by atoms with Gasteiger partial charge < -0.3 is 9.14 Å². The van der Waals surface area contributed by atoms with Crippen LogP contribution in [0.15, 0.2) is 54.7 Å². The molecule has 0 amide bonds. The van der Waals surface area contributed by atoms with Gasteiger partial charge in [-0.3, -0.25) is 10.1 Å². The third-order valence-electron chi connectivity index (χ3n) is 3.55. The van der Waals surface area contributed by atoms with Gasteiger partial charge in [0.15, 0.2) is 0 Å². The van der Waals surface area contributed by atoms with Gasteiger partial charge in [0.25, 0.3) is 5.69 Å². The van der Waals surface area contributed by atoms with Gasteiger partial charge in [-0.1, -0.05) is 6.07 Å². The SMILES string of the molecule is CCOC(=O)c1cc(-c2ccc([N+](=O)[O-])cc2)n2ccccc12. The van der Waals surface area contributed by atoms with Crippen molar-refractivity contribution < 1.29 is 14.5 Å². The lowest BCUT2D eigenvalue weighted by Crippen LogP contribution is -2.03. The first-order chi connectivity index (χ1) is 11.1. The summed E-state index contributed by atoms with van der Waals surface area (Å²) in [6, 6.07) is 13.5. The fourth-order valence-electron chi connectivity index (χ4n) is 2.50. The number of pyridine rings is 1. The first kappa shape index (κ1) is 14.8. The Morgan fingerprint density at radius 1 is 1.22 bits per heavy atom. The maximum absolute atomic E-state index is 12.1. The third kappa shape index (κ3) is 2.66. The number of hydrogen-bond acceptors (Lipinski definition) is 4. The number of carbonyl (C=O) groups excluding carboxylic acids is 1. The predicted octanol–water partition coefficient (Wildman–Crippen LogP) is 3.69. The Morgan fingerprint density at radius 2 is 1.96 bits per heavy atom. The van der Waals surface area contributed by atoms with Crippen molar-refractivity contribution in [2.75, 3.05) is 6.61 Å². The van der Waals surface area contributed by atoms with Crippen molar-refractivity contribution in [1.82, 2.24) is 4.40 Å². The third-order valence-corrected chi connectivity index (χ3v) is 3.55. The average molecular weight is 310 g/mol. The normalized spacial score (nSPS) is 10.7. The Labute approximate surface area is 132 Å². The molecule has 0 unspecified atom stereocenters. The standard InChI is InChI=1S/C17H14N2O4/c1-2-23-17(20)14-11-16(18-10-4-3-5-15(14)18)12-6-8-13(9-7-12)19(21)22/h3-11H,2H2,1H3. The number of nitrogens with zero attached hydrogens (tertiary/aromatic N) is 2. The monoisotopic (exact) mass is 310 g/mol. The summed E-state index contributed by atoms with van der Waals surface area (Å²) in [5.74, 6) is -0.385. The molecule has 0 saturated heterocycles. The van der Waals surface area contributed by atoms with Gasteiger partial charge in [-0.15, -0.1) is 0 Å². The Hall–Kier alpha value is -3.15. The molecular formula is C17H14N2O4. The van der Waals surface area contributed by atoms with Gasteiger partial charge in [0.05, 0.1) is 28.3 Å². The molecule has 0 saturated carbocycles. The van der Waals surface area contributed by atoms with E-state index in [2.05, 4.69) is 0 Å². The lowest BCUT2D eigenvalue weighted by atomic mass is 10.1. The summed E-state index contributed by atoms with van der Waals surface area (Å²) in [7, 11) is 0. The topological polar surface area (TPSA) is 73.8 Å². The number of benzene rings is 1. The molecule has 0 aliphatic carbocycles. The van der Waals surface area contributed by atoms with Crippen LogP contribution in [0.3, 0.4) is 0 Å². The van der Waals surface area contributed by atoms with Crippen LogP contribution in [0.5, 0.6) is 0 Å². The molecule has 0 aliphatic rings. The van der Waals surface area contributed by atoms with Crippen molar-refractivity contribution in [3.05, 3.63) is 70.4 Å². The Bertz CT molecular complexity index is 881. The van der Waals surface area contributed by atoms with E-state index in [1.807, 2.05) is 28.8 Å². The van der Waals surface area contributed by atoms with Crippen LogP contribution in [0.1, 0.15) is 17.3 Å². The van der Waals surface area contributed by atoms with E-state index in [9.17, 15) is 14.9 Å². The van der Waals surface area contributed by atoms with Crippen LogP contribution >= 0.6 is 0 Å². The Morgan fingerprint density at radius 3 is 2.61 bits per heavy atom. The van der Waals surface area contributed by atoms with E-state index in [-0.39, 0.29) is 11.7 Å². The first-order valence-corrected chi connectivity index (χ1v) is 7.14. The van der Waals surface area contributed by atoms with Crippen LogP contribution in [0.25, 0.3) is 16.8 Å². The van der Waals surface area contributed by atoms with Gasteiger partial charge in [-0.2, -0.15) is 0 Å². The van der Waals surface area contributed by atoms with Crippen LogP contribution in [-0.4, -0.2) is 21.9 Å². The van der Waals surface area contributed by atoms with Crippen LogP contribution in [0.4, 0.5) is 5.69 Å². The van der Waals surface area contributed by atoms with Crippen molar-refractivity contribution >= 4 is 17.2 Å². The van der Waals surface area contributed by atoms with E-state index in [1.165, 1.54) is 12.1 Å². The van der Waals surface area contributed by atoms with Crippen molar-refractivity contribution in [3.63, 3.8) is 0 Å². The number of nitro benzene ring substituents is 1. The number of aromatic nitrogens is 1. The highest BCUT2D eigenvalue weighted by molar-refractivity contribution is 5.99. The summed E-state index contributed by atoms with van der Waals surface area (Å²) >= 11 is 0. The largest absolute Gasteiger partial charge is 0.462 e. The minimum Gasteiger partial charge on any atom is -0.462 e. The van der Waals surface area contributed by atoms with E-state index in [4.69, 9.17) is 4.74 Å². The number of hydrogen-bond donors (Lipinski definition) is 0. The Balaban J connectivity index is 2.14. The molecule has 0 fully saturated rings. The van der Waals surface area contributed by atoms with Crippen molar-refractivity contribution in [3.8, 4) is 11.3 Å². The molecule has 23 heavy (non-hydrogen) atoms. The number of esters is 1. The number of ether oxygens (including phenoxy) is 1. The van der Waals surface area contributed by atoms with E-state index in [0.29, 0.717) is 12.2 Å². The zero-order valence-corrected chi connectivity index (χ0v) is 12.4. The van der Waals surface area contributed by atoms with E-state index >= 15 is 0 Å². The zero-order chi connectivity index (χ0) is 16.4. The second-order valence-corrected chi connectivity index (χ2v) is 4.92. The molecule has 1 aromatic carbocycles. The molecule has 6 heteroatoms. The van der Waals surface area contributed by atoms with E-state index in [1.54, 1.807) is 25.1 Å². The zero-order valence-electron chi connectivity index (χ0n) is 12.4. The van der Waals surface area contributed by atoms with Crippen molar-refractivity contribution in [2.24, 2.45) is 0 Å². The lowest BCUT2D eigenvalue weighted by molar-refractivity contribution is -0.384. The molecule has 0 radical (unpaired) electrons. The quantitative estimate of drug-likeness (QED) is 0.418. The molecule has 0 N–H and O–H groups in total. The molecule has 0 atom stereocenters. The van der Waals surface area contributed by atoms with Crippen LogP contribution < -0.4 is 0 Å². The smallest absolute Gasteiger partial charge is 0.340 e. The molecule has 3 aromatic rings. The number of nitro groups is 1. The molecule has 6 nitrogen and oxygen atoms in total. The summed E-state index contributed by atoms with van der Waals surface area (Å²) in [5, 5.41) is 10.8. The second-order valence-electron chi connectivity index (χ2n) is 4.92. The highest BCUT2D eigenvalue weighted by Gasteiger charge is 2.17. The van der Waals surface area contributed by atoms with Crippen LogP contribution in [0, 0.1) is 10.1 Å². The van der Waals surface area contributed by atoms with E-state index < -0.39 is 4.92 Å². The van der Waals surface area contributed by atoms with Gasteiger partial charge in [0, 0.05) is 18.3 Å². The minimum atomic E-state index is -0.440. The Kier molecular flexibility index (Phi) is 3.80. The highest BCUT2D eigenvalue weighted by Crippen LogP contribution is 2.28. The molecule has 0 spiro atoms. The molecule has 2 heterocycles. The molecule has 0 bridgehead atoms. The van der Waals surface area contributed by atoms with Gasteiger partial charge in [0.1, 0.15) is 0 Å². The number of non-ortho nitro benzene ring substituents is 1. The summed E-state index contributed by atoms with van der Waals surface area (Å²) in [6.07, 6.45) is 1.84. The predicted molar refractivity (Wildman–Crippen MR) is 85.4 cm³/mol. The number of carbonyl (C=O) groups is 1. The van der Waals surface area contributed by atoms with E-state index in [0.717, 1.165) is 16.8 Å². The summed E-state index contributed by atoms with van der Waals surface area (Å²) in [6.45, 7) is 2.06. The summed E-state index contributed by atoms with van der Waals surface area (Å²) in [4.78, 5) is 22.4. The number of fused-ring (bicyclic) bond motifs is 1. The molecule has 2 aromatic heterocycles. The van der Waals surface area contributed by atoms with Gasteiger partial charge in [-0.05, 0) is 42.8 Å². The molecule has 0 aliphatic heterocycles.